The number of benzene rings is 3. The van der Waals surface area contributed by atoms with Crippen LogP contribution in [0.3, 0.4) is 0 Å². The van der Waals surface area contributed by atoms with Crippen LogP contribution in [0.25, 0.3) is 33.6 Å². The van der Waals surface area contributed by atoms with Gasteiger partial charge in [0.15, 0.2) is 9.84 Å². The van der Waals surface area contributed by atoms with E-state index in [0.717, 1.165) is 27.9 Å². The van der Waals surface area contributed by atoms with Gasteiger partial charge in [0, 0.05) is 22.9 Å². The van der Waals surface area contributed by atoms with Crippen molar-refractivity contribution in [1.29, 1.82) is 0 Å². The summed E-state index contributed by atoms with van der Waals surface area (Å²) in [5.41, 5.74) is 4.96. The van der Waals surface area contributed by atoms with Gasteiger partial charge in [0.1, 0.15) is 5.82 Å². The first kappa shape index (κ1) is 19.0. The Morgan fingerprint density at radius 2 is 1.31 bits per heavy atom. The summed E-state index contributed by atoms with van der Waals surface area (Å²) >= 11 is 0. The predicted molar refractivity (Wildman–Crippen MR) is 114 cm³/mol. The van der Waals surface area contributed by atoms with Crippen molar-refractivity contribution in [3.05, 3.63) is 96.8 Å². The van der Waals surface area contributed by atoms with Crippen molar-refractivity contribution in [2.24, 2.45) is 0 Å². The van der Waals surface area contributed by atoms with Crippen LogP contribution in [0.15, 0.2) is 95.9 Å². The van der Waals surface area contributed by atoms with Gasteiger partial charge in [-0.3, -0.25) is 0 Å². The molecule has 0 unspecified atom stereocenters. The summed E-state index contributed by atoms with van der Waals surface area (Å²) in [6.07, 6.45) is 1.18. The topological polar surface area (TPSA) is 47.0 Å². The molecule has 4 rings (SSSR count). The highest BCUT2D eigenvalue weighted by atomic mass is 32.2. The monoisotopic (exact) mass is 403 g/mol. The molecule has 0 bridgehead atoms. The molecule has 4 aromatic rings. The molecule has 5 heteroatoms. The normalized spacial score (nSPS) is 11.4. The number of aromatic nitrogens is 1. The second-order valence-corrected chi connectivity index (χ2v) is 8.78. The molecule has 29 heavy (non-hydrogen) atoms. The van der Waals surface area contributed by atoms with Crippen LogP contribution in [0.4, 0.5) is 4.39 Å². The molecule has 0 aliphatic carbocycles. The second kappa shape index (κ2) is 7.60. The first-order valence-corrected chi connectivity index (χ1v) is 10.9. The van der Waals surface area contributed by atoms with Gasteiger partial charge >= 0.3 is 0 Å². The molecular weight excluding hydrogens is 385 g/mol. The van der Waals surface area contributed by atoms with Crippen LogP contribution in [-0.4, -0.2) is 19.7 Å². The molecule has 0 saturated heterocycles. The van der Waals surface area contributed by atoms with E-state index < -0.39 is 9.84 Å². The maximum atomic E-state index is 13.4. The van der Waals surface area contributed by atoms with Crippen molar-refractivity contribution in [3.8, 4) is 33.6 Å². The lowest BCUT2D eigenvalue weighted by Crippen LogP contribution is -1.97. The van der Waals surface area contributed by atoms with Gasteiger partial charge in [0.05, 0.1) is 16.3 Å². The smallest absolute Gasteiger partial charge is 0.175 e. The fraction of sp³-hybridized carbons (Fsp3) is 0.0417. The Hall–Kier alpha value is -3.31. The fourth-order valence-corrected chi connectivity index (χ4v) is 3.80. The molecule has 3 nitrogen and oxygen atoms in total. The van der Waals surface area contributed by atoms with Crippen LogP contribution >= 0.6 is 0 Å². The van der Waals surface area contributed by atoms with Crippen LogP contribution in [0, 0.1) is 5.82 Å². The molecule has 144 valence electrons. The first-order chi connectivity index (χ1) is 13.9. The SMILES string of the molecule is CS(=O)(=O)c1ccc(-c2ccc(-c3ccccc3)nc2-c2ccc(F)cc2)cc1. The van der Waals surface area contributed by atoms with Crippen LogP contribution in [-0.2, 0) is 9.84 Å². The van der Waals surface area contributed by atoms with Crippen molar-refractivity contribution in [2.75, 3.05) is 6.26 Å². The highest BCUT2D eigenvalue weighted by Gasteiger charge is 2.13. The Bertz CT molecular complexity index is 1250. The summed E-state index contributed by atoms with van der Waals surface area (Å²) in [4.78, 5) is 5.11. The number of sulfone groups is 1. The summed E-state index contributed by atoms with van der Waals surface area (Å²) in [7, 11) is -3.27. The predicted octanol–water partition coefficient (Wildman–Crippen LogP) is 5.63. The third-order valence-electron chi connectivity index (χ3n) is 4.68. The van der Waals surface area contributed by atoms with E-state index in [1.54, 1.807) is 36.4 Å². The van der Waals surface area contributed by atoms with Crippen molar-refractivity contribution >= 4 is 9.84 Å². The van der Waals surface area contributed by atoms with E-state index in [0.29, 0.717) is 5.69 Å². The van der Waals surface area contributed by atoms with E-state index in [2.05, 4.69) is 0 Å². The van der Waals surface area contributed by atoms with Crippen LogP contribution in [0.2, 0.25) is 0 Å². The average molecular weight is 403 g/mol. The lowest BCUT2D eigenvalue weighted by molar-refractivity contribution is 0.602. The summed E-state index contributed by atoms with van der Waals surface area (Å²) in [6, 6.07) is 26.6. The van der Waals surface area contributed by atoms with E-state index in [-0.39, 0.29) is 10.7 Å². The molecule has 0 saturated carbocycles. The summed E-state index contributed by atoms with van der Waals surface area (Å²) in [5, 5.41) is 0. The lowest BCUT2D eigenvalue weighted by atomic mass is 9.98. The number of hydrogen-bond donors (Lipinski definition) is 0. The molecule has 0 fully saturated rings. The maximum absolute atomic E-state index is 13.4. The number of halogens is 1. The van der Waals surface area contributed by atoms with Crippen molar-refractivity contribution in [1.82, 2.24) is 4.98 Å². The van der Waals surface area contributed by atoms with Gasteiger partial charge in [0.2, 0.25) is 0 Å². The number of pyridine rings is 1. The minimum absolute atomic E-state index is 0.262. The Labute approximate surface area is 169 Å². The maximum Gasteiger partial charge on any atom is 0.175 e. The quantitative estimate of drug-likeness (QED) is 0.444. The molecular formula is C24H18FNO2S. The van der Waals surface area contributed by atoms with Crippen LogP contribution < -0.4 is 0 Å². The molecule has 0 spiro atoms. The average Bonchev–Trinajstić information content (AvgIpc) is 2.74. The van der Waals surface area contributed by atoms with Crippen LogP contribution in [0.5, 0.6) is 0 Å². The van der Waals surface area contributed by atoms with Gasteiger partial charge < -0.3 is 0 Å². The van der Waals surface area contributed by atoms with Crippen molar-refractivity contribution in [3.63, 3.8) is 0 Å². The summed E-state index contributed by atoms with van der Waals surface area (Å²) in [6.45, 7) is 0. The van der Waals surface area contributed by atoms with Gasteiger partial charge in [-0.25, -0.2) is 17.8 Å². The Morgan fingerprint density at radius 3 is 1.93 bits per heavy atom. The third-order valence-corrected chi connectivity index (χ3v) is 5.80. The second-order valence-electron chi connectivity index (χ2n) is 6.76. The molecule has 1 aromatic heterocycles. The lowest BCUT2D eigenvalue weighted by Gasteiger charge is -2.12. The zero-order valence-corrected chi connectivity index (χ0v) is 16.5. The van der Waals surface area contributed by atoms with Gasteiger partial charge in [0.25, 0.3) is 0 Å². The van der Waals surface area contributed by atoms with E-state index in [1.165, 1.54) is 18.4 Å². The largest absolute Gasteiger partial charge is 0.247 e. The molecule has 1 heterocycles. The third kappa shape index (κ3) is 4.10. The molecule has 0 radical (unpaired) electrons. The van der Waals surface area contributed by atoms with E-state index in [4.69, 9.17) is 4.98 Å². The summed E-state index contributed by atoms with van der Waals surface area (Å²) in [5.74, 6) is -0.313. The Balaban J connectivity index is 1.88. The number of hydrogen-bond acceptors (Lipinski definition) is 3. The van der Waals surface area contributed by atoms with E-state index in [1.807, 2.05) is 42.5 Å². The standard InChI is InChI=1S/C24H18FNO2S/c1-29(27,28)21-13-9-17(10-14-21)22-15-16-23(18-5-3-2-4-6-18)26-24(22)19-7-11-20(25)12-8-19/h2-16H,1H3. The van der Waals surface area contributed by atoms with E-state index >= 15 is 0 Å². The summed E-state index contributed by atoms with van der Waals surface area (Å²) < 4.78 is 37.0. The number of rotatable bonds is 4. The molecule has 0 amide bonds. The molecule has 0 aliphatic heterocycles. The Morgan fingerprint density at radius 1 is 0.690 bits per heavy atom. The van der Waals surface area contributed by atoms with E-state index in [9.17, 15) is 12.8 Å². The minimum atomic E-state index is -3.27. The molecule has 0 N–H and O–H groups in total. The molecule has 0 atom stereocenters. The highest BCUT2D eigenvalue weighted by molar-refractivity contribution is 7.90. The molecule has 3 aromatic carbocycles. The van der Waals surface area contributed by atoms with Gasteiger partial charge in [-0.1, -0.05) is 48.5 Å². The minimum Gasteiger partial charge on any atom is -0.247 e. The zero-order valence-electron chi connectivity index (χ0n) is 15.7. The fourth-order valence-electron chi connectivity index (χ4n) is 3.17. The molecule has 0 aliphatic rings. The van der Waals surface area contributed by atoms with Gasteiger partial charge in [-0.15, -0.1) is 0 Å². The highest BCUT2D eigenvalue weighted by Crippen LogP contribution is 2.33. The van der Waals surface area contributed by atoms with Gasteiger partial charge in [-0.2, -0.15) is 0 Å². The zero-order chi connectivity index (χ0) is 20.4. The van der Waals surface area contributed by atoms with Crippen LogP contribution in [0.1, 0.15) is 0 Å². The van der Waals surface area contributed by atoms with Crippen molar-refractivity contribution in [2.45, 2.75) is 4.90 Å². The first-order valence-electron chi connectivity index (χ1n) is 9.05. The Kier molecular flexibility index (Phi) is 4.99. The van der Waals surface area contributed by atoms with Gasteiger partial charge in [-0.05, 0) is 48.0 Å². The number of nitrogens with zero attached hydrogens (tertiary/aromatic N) is 1. The van der Waals surface area contributed by atoms with Crippen molar-refractivity contribution < 1.29 is 12.8 Å².